The fourth-order valence-electron chi connectivity index (χ4n) is 2.48. The van der Waals surface area contributed by atoms with Crippen LogP contribution in [0.2, 0.25) is 0 Å². The summed E-state index contributed by atoms with van der Waals surface area (Å²) in [5, 5.41) is 0. The van der Waals surface area contributed by atoms with Crippen LogP contribution in [-0.4, -0.2) is 33.6 Å². The van der Waals surface area contributed by atoms with Gasteiger partial charge in [0.1, 0.15) is 0 Å². The quantitative estimate of drug-likeness (QED) is 0.475. The summed E-state index contributed by atoms with van der Waals surface area (Å²) in [5.74, 6) is 1.01. The molecule has 0 saturated heterocycles. The Kier molecular flexibility index (Phi) is 3.62. The van der Waals surface area contributed by atoms with Gasteiger partial charge in [0.25, 0.3) is 0 Å². The van der Waals surface area contributed by atoms with Crippen molar-refractivity contribution in [3.63, 3.8) is 0 Å². The Labute approximate surface area is 135 Å². The van der Waals surface area contributed by atoms with E-state index in [1.807, 2.05) is 12.1 Å². The van der Waals surface area contributed by atoms with Crippen LogP contribution in [0.5, 0.6) is 0 Å². The molecule has 4 heterocycles. The maximum absolute atomic E-state index is 5.56. The van der Waals surface area contributed by atoms with Gasteiger partial charge in [0.15, 0.2) is 0 Å². The first-order chi connectivity index (χ1) is 10.4. The van der Waals surface area contributed by atoms with Gasteiger partial charge in [0.05, 0.1) is 0 Å². The van der Waals surface area contributed by atoms with Crippen molar-refractivity contribution in [2.24, 2.45) is 0 Å². The Balaban J connectivity index is 1.85. The van der Waals surface area contributed by atoms with Crippen LogP contribution in [0.15, 0.2) is 69.1 Å². The number of nitrogens with zero attached hydrogens (tertiary/aromatic N) is 1. The molecule has 0 spiro atoms. The number of rotatable bonds is 4. The Hall–Kier alpha value is -1.44. The van der Waals surface area contributed by atoms with E-state index in [2.05, 4.69) is 50.8 Å². The van der Waals surface area contributed by atoms with Gasteiger partial charge < -0.3 is 0 Å². The van der Waals surface area contributed by atoms with E-state index in [1.165, 1.54) is 20.3 Å². The van der Waals surface area contributed by atoms with Crippen LogP contribution >= 0.6 is 0 Å². The number of furan rings is 1. The molecule has 104 valence electrons. The molecule has 4 rings (SSSR count). The van der Waals surface area contributed by atoms with Crippen molar-refractivity contribution in [2.75, 3.05) is 0 Å². The second-order valence-electron chi connectivity index (χ2n) is 4.72. The first-order valence-electron chi connectivity index (χ1n) is 6.71. The molecule has 2 nitrogen and oxygen atoms in total. The van der Waals surface area contributed by atoms with Crippen LogP contribution in [0.25, 0.3) is 20.3 Å². The molecule has 0 aliphatic rings. The van der Waals surface area contributed by atoms with Gasteiger partial charge in [-0.3, -0.25) is 0 Å². The van der Waals surface area contributed by atoms with Crippen molar-refractivity contribution in [3.05, 3.63) is 70.4 Å². The standard InChI is InChI=1S/C17H13NOSe2/c1-4-13(19-9-1)12-18-14(16-5-2-10-20-16)7-8-15(18)17-6-3-11-21-17/h1-11H,12H2. The summed E-state index contributed by atoms with van der Waals surface area (Å²) in [4.78, 5) is 4.54. The fourth-order valence-corrected chi connectivity index (χ4v) is 5.66. The molecule has 0 aliphatic carbocycles. The molecule has 0 amide bonds. The van der Waals surface area contributed by atoms with Crippen molar-refractivity contribution in [2.45, 2.75) is 6.54 Å². The number of aromatic nitrogens is 1. The van der Waals surface area contributed by atoms with Gasteiger partial charge in [0, 0.05) is 0 Å². The van der Waals surface area contributed by atoms with Gasteiger partial charge in [-0.1, -0.05) is 0 Å². The van der Waals surface area contributed by atoms with Crippen molar-refractivity contribution >= 4 is 29.0 Å². The molecule has 0 radical (unpaired) electrons. The van der Waals surface area contributed by atoms with E-state index >= 15 is 0 Å². The molecule has 0 N–H and O–H groups in total. The average molecular weight is 405 g/mol. The molecule has 4 heteroatoms. The minimum absolute atomic E-state index is 0.448. The summed E-state index contributed by atoms with van der Waals surface area (Å²) in [6, 6.07) is 17.3. The van der Waals surface area contributed by atoms with Gasteiger partial charge >= 0.3 is 135 Å². The van der Waals surface area contributed by atoms with Crippen LogP contribution in [0.1, 0.15) is 5.76 Å². The molecule has 0 aliphatic heterocycles. The summed E-state index contributed by atoms with van der Waals surface area (Å²) >= 11 is 0.897. The van der Waals surface area contributed by atoms with E-state index in [0.29, 0.717) is 29.0 Å². The third kappa shape index (κ3) is 2.56. The van der Waals surface area contributed by atoms with Crippen molar-refractivity contribution in [3.8, 4) is 20.3 Å². The molecule has 0 bridgehead atoms. The van der Waals surface area contributed by atoms with Crippen molar-refractivity contribution < 1.29 is 4.42 Å². The third-order valence-electron chi connectivity index (χ3n) is 3.42. The first kappa shape index (κ1) is 13.2. The molecule has 21 heavy (non-hydrogen) atoms. The van der Waals surface area contributed by atoms with Gasteiger partial charge in [-0.05, 0) is 0 Å². The van der Waals surface area contributed by atoms with E-state index in [1.54, 1.807) is 6.26 Å². The monoisotopic (exact) mass is 407 g/mol. The van der Waals surface area contributed by atoms with E-state index in [9.17, 15) is 0 Å². The van der Waals surface area contributed by atoms with Gasteiger partial charge in [0.2, 0.25) is 0 Å². The molecule has 0 saturated carbocycles. The molecule has 0 atom stereocenters. The van der Waals surface area contributed by atoms with Crippen LogP contribution in [0, 0.1) is 0 Å². The summed E-state index contributed by atoms with van der Waals surface area (Å²) in [6.45, 7) is 0.797. The SMILES string of the molecule is c1coc(Cn2c(-c3ccc[se]3)ccc2-c2ccc[se]2)c1. The van der Waals surface area contributed by atoms with Crippen molar-refractivity contribution in [1.29, 1.82) is 0 Å². The van der Waals surface area contributed by atoms with E-state index in [-0.39, 0.29) is 0 Å². The van der Waals surface area contributed by atoms with E-state index in [0.717, 1.165) is 12.3 Å². The van der Waals surface area contributed by atoms with Crippen molar-refractivity contribution in [1.82, 2.24) is 4.57 Å². The predicted molar refractivity (Wildman–Crippen MR) is 87.0 cm³/mol. The summed E-state index contributed by atoms with van der Waals surface area (Å²) in [5.41, 5.74) is 2.66. The van der Waals surface area contributed by atoms with Gasteiger partial charge in [-0.15, -0.1) is 0 Å². The summed E-state index contributed by atoms with van der Waals surface area (Å²) in [6.07, 6.45) is 1.75. The molecule has 4 aromatic rings. The van der Waals surface area contributed by atoms with Crippen LogP contribution < -0.4 is 0 Å². The third-order valence-corrected chi connectivity index (χ3v) is 7.17. The number of hydrogen-bond donors (Lipinski definition) is 0. The van der Waals surface area contributed by atoms with E-state index < -0.39 is 0 Å². The maximum atomic E-state index is 5.56. The Morgan fingerprint density at radius 1 is 0.810 bits per heavy atom. The molecule has 0 aromatic carbocycles. The first-order valence-corrected chi connectivity index (χ1v) is 10.4. The van der Waals surface area contributed by atoms with Gasteiger partial charge in [-0.2, -0.15) is 0 Å². The van der Waals surface area contributed by atoms with Crippen LogP contribution in [0.3, 0.4) is 0 Å². The Morgan fingerprint density at radius 2 is 1.48 bits per heavy atom. The molecular formula is C17H13NOSe2. The van der Waals surface area contributed by atoms with E-state index in [4.69, 9.17) is 4.42 Å². The number of hydrogen-bond acceptors (Lipinski definition) is 1. The zero-order valence-electron chi connectivity index (χ0n) is 11.2. The molecular weight excluding hydrogens is 392 g/mol. The molecule has 0 unspecified atom stereocenters. The fraction of sp³-hybridized carbons (Fsp3) is 0.0588. The summed E-state index contributed by atoms with van der Waals surface area (Å²) in [7, 11) is 0. The topological polar surface area (TPSA) is 18.1 Å². The minimum atomic E-state index is 0.448. The second kappa shape index (κ2) is 5.75. The molecule has 4 aromatic heterocycles. The van der Waals surface area contributed by atoms with Crippen LogP contribution in [0.4, 0.5) is 0 Å². The molecule has 0 fully saturated rings. The average Bonchev–Trinajstić information content (AvgIpc) is 3.28. The Bertz CT molecular complexity index is 757. The second-order valence-corrected chi connectivity index (χ2v) is 8.70. The summed E-state index contributed by atoms with van der Waals surface area (Å²) < 4.78 is 10.9. The zero-order chi connectivity index (χ0) is 14.1. The normalized spacial score (nSPS) is 11.0. The van der Waals surface area contributed by atoms with Crippen LogP contribution in [-0.2, 0) is 6.54 Å². The van der Waals surface area contributed by atoms with Gasteiger partial charge in [-0.25, -0.2) is 0 Å². The predicted octanol–water partition coefficient (Wildman–Crippen LogP) is 3.58. The Morgan fingerprint density at radius 3 is 1.95 bits per heavy atom. The zero-order valence-corrected chi connectivity index (χ0v) is 14.7.